The Bertz CT molecular complexity index is 850. The number of aromatic nitrogens is 2. The van der Waals surface area contributed by atoms with Gasteiger partial charge in [-0.2, -0.15) is 5.10 Å². The van der Waals surface area contributed by atoms with E-state index in [-0.39, 0.29) is 22.2 Å². The van der Waals surface area contributed by atoms with Crippen molar-refractivity contribution in [2.45, 2.75) is 51.0 Å². The lowest BCUT2D eigenvalue weighted by atomic mass is 9.99. The van der Waals surface area contributed by atoms with E-state index in [1.54, 1.807) is 0 Å². The molecule has 0 spiro atoms. The van der Waals surface area contributed by atoms with Crippen molar-refractivity contribution in [3.63, 3.8) is 0 Å². The molecule has 0 amide bonds. The van der Waals surface area contributed by atoms with E-state index in [0.717, 1.165) is 43.4 Å². The summed E-state index contributed by atoms with van der Waals surface area (Å²) in [5.41, 5.74) is 2.08. The van der Waals surface area contributed by atoms with Crippen LogP contribution in [0.4, 0.5) is 4.39 Å². The van der Waals surface area contributed by atoms with E-state index >= 15 is 0 Å². The van der Waals surface area contributed by atoms with Gasteiger partial charge in [0.15, 0.2) is 17.7 Å². The summed E-state index contributed by atoms with van der Waals surface area (Å²) < 4.78 is 21.7. The molecule has 1 fully saturated rings. The largest absolute Gasteiger partial charge is 0.481 e. The topological polar surface area (TPSA) is 44.1 Å². The molecule has 2 aromatic rings. The summed E-state index contributed by atoms with van der Waals surface area (Å²) in [7, 11) is 0. The van der Waals surface area contributed by atoms with Crippen LogP contribution < -0.4 is 4.74 Å². The number of aryl methyl sites for hydroxylation is 1. The van der Waals surface area contributed by atoms with Crippen molar-refractivity contribution in [2.24, 2.45) is 0 Å². The Morgan fingerprint density at radius 2 is 1.96 bits per heavy atom. The van der Waals surface area contributed by atoms with Gasteiger partial charge in [0, 0.05) is 18.1 Å². The molecular weight excluding hydrogens is 366 g/mol. The highest BCUT2D eigenvalue weighted by atomic mass is 35.5. The van der Waals surface area contributed by atoms with Gasteiger partial charge >= 0.3 is 0 Å². The molecule has 1 aromatic heterocycles. The molecule has 4 nitrogen and oxygen atoms in total. The number of ketones is 1. The lowest BCUT2D eigenvalue weighted by Crippen LogP contribution is -2.21. The summed E-state index contributed by atoms with van der Waals surface area (Å²) in [6.07, 6.45) is 5.25. The van der Waals surface area contributed by atoms with Crippen LogP contribution in [0.3, 0.4) is 0 Å². The molecule has 0 saturated heterocycles. The van der Waals surface area contributed by atoms with E-state index in [2.05, 4.69) is 5.10 Å². The summed E-state index contributed by atoms with van der Waals surface area (Å²) in [6.45, 7) is 0. The van der Waals surface area contributed by atoms with Gasteiger partial charge in [-0.3, -0.25) is 4.79 Å². The average molecular weight is 383 g/mol. The van der Waals surface area contributed by atoms with E-state index in [4.69, 9.17) is 27.9 Å². The minimum atomic E-state index is -0.531. The predicted octanol–water partition coefficient (Wildman–Crippen LogP) is 4.70. The first kappa shape index (κ1) is 16.9. The lowest BCUT2D eigenvalue weighted by Gasteiger charge is -2.15. The molecule has 2 aliphatic rings. The fourth-order valence-electron chi connectivity index (χ4n) is 3.51. The number of rotatable bonds is 3. The molecule has 0 radical (unpaired) electrons. The monoisotopic (exact) mass is 382 g/mol. The quantitative estimate of drug-likeness (QED) is 0.772. The Balaban J connectivity index is 1.74. The highest BCUT2D eigenvalue weighted by molar-refractivity contribution is 6.32. The number of nitrogens with zero attached hydrogens (tertiary/aromatic N) is 2. The number of Topliss-reactive ketones (excluding diaryl/α,β-unsaturated/α-hetero) is 1. The van der Waals surface area contributed by atoms with E-state index in [0.29, 0.717) is 18.0 Å². The Hall–Kier alpha value is -1.59. The van der Waals surface area contributed by atoms with Crippen LogP contribution in [0.5, 0.6) is 5.75 Å². The second kappa shape index (κ2) is 6.61. The molecule has 4 rings (SSSR count). The van der Waals surface area contributed by atoms with Crippen LogP contribution in [0.2, 0.25) is 10.2 Å². The SMILES string of the molecule is O=C1CCCC1Oc1cc(-n2nc3c(c2Cl)CCCC3)c(F)cc1Cl. The molecule has 2 aliphatic carbocycles. The summed E-state index contributed by atoms with van der Waals surface area (Å²) in [5, 5.41) is 5.04. The summed E-state index contributed by atoms with van der Waals surface area (Å²) in [4.78, 5) is 11.8. The Morgan fingerprint density at radius 1 is 1.16 bits per heavy atom. The van der Waals surface area contributed by atoms with Crippen LogP contribution in [0.15, 0.2) is 12.1 Å². The van der Waals surface area contributed by atoms with Gasteiger partial charge < -0.3 is 4.74 Å². The number of hydrogen-bond acceptors (Lipinski definition) is 3. The van der Waals surface area contributed by atoms with Crippen molar-refractivity contribution >= 4 is 29.0 Å². The molecule has 1 atom stereocenters. The highest BCUT2D eigenvalue weighted by Crippen LogP contribution is 2.35. The first-order valence-corrected chi connectivity index (χ1v) is 9.25. The molecule has 1 heterocycles. The zero-order valence-corrected chi connectivity index (χ0v) is 15.0. The maximum absolute atomic E-state index is 14.5. The molecule has 1 saturated carbocycles. The highest BCUT2D eigenvalue weighted by Gasteiger charge is 2.28. The third-order valence-electron chi connectivity index (χ3n) is 4.84. The average Bonchev–Trinajstić information content (AvgIpc) is 3.14. The van der Waals surface area contributed by atoms with Gasteiger partial charge in [-0.05, 0) is 44.6 Å². The zero-order chi connectivity index (χ0) is 17.6. The molecule has 132 valence electrons. The maximum atomic E-state index is 14.5. The van der Waals surface area contributed by atoms with Crippen LogP contribution in [0.25, 0.3) is 5.69 Å². The van der Waals surface area contributed by atoms with Gasteiger partial charge in [0.1, 0.15) is 16.6 Å². The van der Waals surface area contributed by atoms with Crippen LogP contribution in [0, 0.1) is 5.82 Å². The summed E-state index contributed by atoms with van der Waals surface area (Å²) >= 11 is 12.6. The predicted molar refractivity (Wildman–Crippen MR) is 93.5 cm³/mol. The smallest absolute Gasteiger partial charge is 0.173 e. The first-order chi connectivity index (χ1) is 12.0. The lowest BCUT2D eigenvalue weighted by molar-refractivity contribution is -0.123. The van der Waals surface area contributed by atoms with E-state index in [1.807, 2.05) is 0 Å². The molecule has 25 heavy (non-hydrogen) atoms. The van der Waals surface area contributed by atoms with Crippen molar-refractivity contribution < 1.29 is 13.9 Å². The van der Waals surface area contributed by atoms with Gasteiger partial charge in [0.2, 0.25) is 0 Å². The second-order valence-corrected chi connectivity index (χ2v) is 7.30. The minimum absolute atomic E-state index is 0.0505. The number of benzene rings is 1. The Labute approximate surface area is 154 Å². The maximum Gasteiger partial charge on any atom is 0.173 e. The zero-order valence-electron chi connectivity index (χ0n) is 13.5. The fourth-order valence-corrected chi connectivity index (χ4v) is 4.03. The van der Waals surface area contributed by atoms with Crippen LogP contribution in [0.1, 0.15) is 43.4 Å². The molecule has 1 unspecified atom stereocenters. The third kappa shape index (κ3) is 3.04. The van der Waals surface area contributed by atoms with Crippen LogP contribution in [-0.2, 0) is 17.6 Å². The van der Waals surface area contributed by atoms with E-state index in [9.17, 15) is 9.18 Å². The van der Waals surface area contributed by atoms with Gasteiger partial charge in [-0.15, -0.1) is 0 Å². The standard InChI is InChI=1S/C18H17Cl2FN2O2/c19-11-8-12(21)14(9-17(11)25-16-7-3-6-15(16)24)23-18(20)10-4-1-2-5-13(10)22-23/h8-9,16H,1-7H2. The number of halogens is 3. The summed E-state index contributed by atoms with van der Waals surface area (Å²) in [6, 6.07) is 2.66. The van der Waals surface area contributed by atoms with Crippen molar-refractivity contribution in [3.05, 3.63) is 39.4 Å². The number of ether oxygens (including phenoxy) is 1. The molecule has 0 aliphatic heterocycles. The Morgan fingerprint density at radius 3 is 2.68 bits per heavy atom. The van der Waals surface area contributed by atoms with Gasteiger partial charge in [-0.25, -0.2) is 9.07 Å². The first-order valence-electron chi connectivity index (χ1n) is 8.49. The molecule has 0 N–H and O–H groups in total. The number of fused-ring (bicyclic) bond motifs is 1. The normalized spacial score (nSPS) is 20.0. The third-order valence-corrected chi connectivity index (χ3v) is 5.53. The molecular formula is C18H17Cl2FN2O2. The summed E-state index contributed by atoms with van der Waals surface area (Å²) in [5.74, 6) is -0.200. The van der Waals surface area contributed by atoms with Crippen LogP contribution in [-0.4, -0.2) is 21.7 Å². The van der Waals surface area contributed by atoms with Gasteiger partial charge in [-0.1, -0.05) is 23.2 Å². The fraction of sp³-hybridized carbons (Fsp3) is 0.444. The number of hydrogen-bond donors (Lipinski definition) is 0. The van der Waals surface area contributed by atoms with Crippen molar-refractivity contribution in [3.8, 4) is 11.4 Å². The van der Waals surface area contributed by atoms with E-state index < -0.39 is 11.9 Å². The second-order valence-electron chi connectivity index (χ2n) is 6.53. The number of carbonyl (C=O) groups excluding carboxylic acids is 1. The molecule has 0 bridgehead atoms. The van der Waals surface area contributed by atoms with Crippen molar-refractivity contribution in [1.82, 2.24) is 9.78 Å². The van der Waals surface area contributed by atoms with Crippen molar-refractivity contribution in [1.29, 1.82) is 0 Å². The minimum Gasteiger partial charge on any atom is -0.481 e. The molecule has 7 heteroatoms. The van der Waals surface area contributed by atoms with Gasteiger partial charge in [0.25, 0.3) is 0 Å². The van der Waals surface area contributed by atoms with Crippen LogP contribution >= 0.6 is 23.2 Å². The van der Waals surface area contributed by atoms with Gasteiger partial charge in [0.05, 0.1) is 10.7 Å². The number of carbonyl (C=O) groups is 1. The molecule has 1 aromatic carbocycles. The van der Waals surface area contributed by atoms with E-state index in [1.165, 1.54) is 16.8 Å². The van der Waals surface area contributed by atoms with Crippen molar-refractivity contribution in [2.75, 3.05) is 0 Å². The Kier molecular flexibility index (Phi) is 4.46.